The minimum absolute atomic E-state index is 0.115. The molecule has 0 saturated carbocycles. The average molecular weight is 454 g/mol. The highest BCUT2D eigenvalue weighted by atomic mass is 19.4. The Bertz CT molecular complexity index is 946. The maximum Gasteiger partial charge on any atom is 0.433 e. The van der Waals surface area contributed by atoms with Crippen molar-refractivity contribution in [1.82, 2.24) is 10.3 Å². The Balaban J connectivity index is 1.27. The largest absolute Gasteiger partial charge is 0.433 e. The Morgan fingerprint density at radius 3 is 2.38 bits per heavy atom. The second-order valence-electron chi connectivity index (χ2n) is 8.27. The second kappa shape index (κ2) is 8.55. The number of rotatable bonds is 5. The van der Waals surface area contributed by atoms with Crippen molar-refractivity contribution in [3.63, 3.8) is 0 Å². The molecule has 3 heterocycles. The predicted molar refractivity (Wildman–Crippen MR) is 110 cm³/mol. The minimum atomic E-state index is -4.47. The zero-order chi connectivity index (χ0) is 22.9. The van der Waals surface area contributed by atoms with Crippen molar-refractivity contribution in [2.45, 2.75) is 37.4 Å². The summed E-state index contributed by atoms with van der Waals surface area (Å²) < 4.78 is 64.7. The molecule has 4 rings (SSSR count). The quantitative estimate of drug-likeness (QED) is 0.697. The molecule has 32 heavy (non-hydrogen) atoms. The third kappa shape index (κ3) is 5.28. The van der Waals surface area contributed by atoms with Crippen LogP contribution in [-0.2, 0) is 17.4 Å². The van der Waals surface area contributed by atoms with Gasteiger partial charge < -0.3 is 15.1 Å². The molecule has 1 aromatic carbocycles. The number of amides is 1. The first-order valence-electron chi connectivity index (χ1n) is 10.4. The highest BCUT2D eigenvalue weighted by Crippen LogP contribution is 2.31. The van der Waals surface area contributed by atoms with Gasteiger partial charge in [0.05, 0.1) is 24.8 Å². The zero-order valence-corrected chi connectivity index (χ0v) is 17.2. The summed E-state index contributed by atoms with van der Waals surface area (Å²) in [6.45, 7) is 1.10. The van der Waals surface area contributed by atoms with Crippen molar-refractivity contribution < 1.29 is 26.7 Å². The number of carbonyl (C=O) groups excluding carboxylic acids is 1. The van der Waals surface area contributed by atoms with Gasteiger partial charge in [-0.2, -0.15) is 13.2 Å². The van der Waals surface area contributed by atoms with Crippen LogP contribution in [0.2, 0.25) is 0 Å². The molecule has 0 aliphatic carbocycles. The van der Waals surface area contributed by atoms with Crippen LogP contribution in [0.25, 0.3) is 0 Å². The number of benzene rings is 1. The molecule has 1 aromatic heterocycles. The highest BCUT2D eigenvalue weighted by Gasteiger charge is 2.38. The number of aromatic nitrogens is 1. The Hall–Kier alpha value is -2.91. The van der Waals surface area contributed by atoms with Crippen LogP contribution >= 0.6 is 0 Å². The molecule has 2 aliphatic heterocycles. The van der Waals surface area contributed by atoms with E-state index in [2.05, 4.69) is 10.3 Å². The summed E-state index contributed by atoms with van der Waals surface area (Å²) in [6, 6.07) is 9.25. The second-order valence-corrected chi connectivity index (χ2v) is 8.27. The van der Waals surface area contributed by atoms with E-state index >= 15 is 0 Å². The topological polar surface area (TPSA) is 48.5 Å². The van der Waals surface area contributed by atoms with E-state index in [0.717, 1.165) is 11.6 Å². The lowest BCUT2D eigenvalue weighted by Crippen LogP contribution is -2.38. The van der Waals surface area contributed by atoms with E-state index in [1.807, 2.05) is 4.90 Å². The Labute approximate surface area is 182 Å². The maximum absolute atomic E-state index is 13.4. The summed E-state index contributed by atoms with van der Waals surface area (Å²) in [5.41, 5.74) is 1.13. The first-order chi connectivity index (χ1) is 15.1. The standard InChI is InChI=1S/C22H23F5N4O/c23-21(24)8-10-31(14-21)17-3-1-15(2-4-17)11-20(32)29-16-7-9-30(13-16)18-5-6-19(28-12-18)22(25,26)27/h1-6,12,16H,7-11,13-14H2,(H,29,32)/t16-/m1/s1. The average Bonchev–Trinajstić information content (AvgIpc) is 3.34. The van der Waals surface area contributed by atoms with Gasteiger partial charge in [-0.1, -0.05) is 12.1 Å². The molecule has 0 bridgehead atoms. The molecule has 2 saturated heterocycles. The fraction of sp³-hybridized carbons (Fsp3) is 0.455. The van der Waals surface area contributed by atoms with E-state index in [1.54, 1.807) is 29.2 Å². The van der Waals surface area contributed by atoms with Crippen molar-refractivity contribution in [2.75, 3.05) is 36.0 Å². The van der Waals surface area contributed by atoms with Gasteiger partial charge in [-0.3, -0.25) is 4.79 Å². The number of alkyl halides is 5. The smallest absolute Gasteiger partial charge is 0.368 e. The lowest BCUT2D eigenvalue weighted by atomic mass is 10.1. The fourth-order valence-electron chi connectivity index (χ4n) is 4.10. The van der Waals surface area contributed by atoms with Crippen LogP contribution in [0.15, 0.2) is 42.6 Å². The number of hydrogen-bond acceptors (Lipinski definition) is 4. The van der Waals surface area contributed by atoms with E-state index in [-0.39, 0.29) is 31.3 Å². The van der Waals surface area contributed by atoms with Gasteiger partial charge in [0.15, 0.2) is 0 Å². The van der Waals surface area contributed by atoms with Gasteiger partial charge in [0.1, 0.15) is 5.69 Å². The summed E-state index contributed by atoms with van der Waals surface area (Å²) in [7, 11) is 0. The predicted octanol–water partition coefficient (Wildman–Crippen LogP) is 3.88. The number of anilines is 2. The van der Waals surface area contributed by atoms with Gasteiger partial charge in [-0.05, 0) is 36.2 Å². The maximum atomic E-state index is 13.4. The van der Waals surface area contributed by atoms with Crippen molar-refractivity contribution in [1.29, 1.82) is 0 Å². The molecule has 1 N–H and O–H groups in total. The Morgan fingerprint density at radius 2 is 1.78 bits per heavy atom. The van der Waals surface area contributed by atoms with Crippen LogP contribution in [0.3, 0.4) is 0 Å². The molecule has 10 heteroatoms. The molecular weight excluding hydrogens is 431 g/mol. The lowest BCUT2D eigenvalue weighted by Gasteiger charge is -2.19. The van der Waals surface area contributed by atoms with Crippen LogP contribution in [0.1, 0.15) is 24.1 Å². The van der Waals surface area contributed by atoms with Gasteiger partial charge in [-0.25, -0.2) is 13.8 Å². The van der Waals surface area contributed by atoms with Crippen molar-refractivity contribution >= 4 is 17.3 Å². The minimum Gasteiger partial charge on any atom is -0.368 e. The van der Waals surface area contributed by atoms with E-state index < -0.39 is 17.8 Å². The normalized spacial score (nSPS) is 20.6. The molecule has 2 aromatic rings. The number of carbonyl (C=O) groups is 1. The molecule has 5 nitrogen and oxygen atoms in total. The molecule has 1 atom stereocenters. The molecule has 1 amide bonds. The van der Waals surface area contributed by atoms with E-state index in [1.165, 1.54) is 12.3 Å². The zero-order valence-electron chi connectivity index (χ0n) is 17.2. The van der Waals surface area contributed by atoms with Crippen LogP contribution < -0.4 is 15.1 Å². The van der Waals surface area contributed by atoms with Gasteiger partial charge in [0.2, 0.25) is 5.91 Å². The Morgan fingerprint density at radius 1 is 1.06 bits per heavy atom. The Kier molecular flexibility index (Phi) is 5.96. The summed E-state index contributed by atoms with van der Waals surface area (Å²) in [4.78, 5) is 19.4. The SMILES string of the molecule is O=C(Cc1ccc(N2CCC(F)(F)C2)cc1)N[C@@H]1CCN(c2ccc(C(F)(F)F)nc2)C1. The first kappa shape index (κ1) is 22.3. The summed E-state index contributed by atoms with van der Waals surface area (Å²) in [5, 5.41) is 2.95. The first-order valence-corrected chi connectivity index (χ1v) is 10.4. The van der Waals surface area contributed by atoms with Crippen molar-refractivity contribution in [2.24, 2.45) is 0 Å². The number of hydrogen-bond donors (Lipinski definition) is 1. The van der Waals surface area contributed by atoms with E-state index in [0.29, 0.717) is 37.4 Å². The molecule has 0 radical (unpaired) electrons. The highest BCUT2D eigenvalue weighted by molar-refractivity contribution is 5.79. The monoisotopic (exact) mass is 454 g/mol. The summed E-state index contributed by atoms with van der Waals surface area (Å²) >= 11 is 0. The van der Waals surface area contributed by atoms with Gasteiger partial charge >= 0.3 is 6.18 Å². The molecular formula is C22H23F5N4O. The third-order valence-electron chi connectivity index (χ3n) is 5.79. The van der Waals surface area contributed by atoms with Crippen LogP contribution in [0.5, 0.6) is 0 Å². The molecule has 172 valence electrons. The number of nitrogens with zero attached hydrogens (tertiary/aromatic N) is 3. The van der Waals surface area contributed by atoms with Crippen LogP contribution in [-0.4, -0.2) is 49.0 Å². The fourth-order valence-corrected chi connectivity index (χ4v) is 4.10. The summed E-state index contributed by atoms with van der Waals surface area (Å²) in [6.07, 6.45) is -2.59. The molecule has 0 unspecified atom stereocenters. The van der Waals surface area contributed by atoms with Gasteiger partial charge in [0.25, 0.3) is 5.92 Å². The summed E-state index contributed by atoms with van der Waals surface area (Å²) in [5.74, 6) is -2.83. The van der Waals surface area contributed by atoms with Crippen molar-refractivity contribution in [3.8, 4) is 0 Å². The van der Waals surface area contributed by atoms with E-state index in [9.17, 15) is 26.7 Å². The molecule has 2 aliphatic rings. The third-order valence-corrected chi connectivity index (χ3v) is 5.79. The van der Waals surface area contributed by atoms with E-state index in [4.69, 9.17) is 0 Å². The number of nitrogens with one attached hydrogen (secondary N) is 1. The lowest BCUT2D eigenvalue weighted by molar-refractivity contribution is -0.141. The van der Waals surface area contributed by atoms with Crippen LogP contribution in [0.4, 0.5) is 33.3 Å². The molecule has 2 fully saturated rings. The van der Waals surface area contributed by atoms with Gasteiger partial charge in [-0.15, -0.1) is 0 Å². The van der Waals surface area contributed by atoms with Crippen molar-refractivity contribution in [3.05, 3.63) is 53.9 Å². The number of halogens is 5. The number of pyridine rings is 1. The van der Waals surface area contributed by atoms with Crippen LogP contribution in [0, 0.1) is 0 Å². The van der Waals surface area contributed by atoms with Gasteiger partial charge in [0, 0.05) is 37.8 Å². The molecule has 0 spiro atoms.